The molecule has 0 aliphatic carbocycles. The number of nitrogens with zero attached hydrogens (tertiary/aromatic N) is 1. The van der Waals surface area contributed by atoms with Crippen LogP contribution < -0.4 is 5.32 Å². The Balaban J connectivity index is 1.96. The SMILES string of the molecule is CNC(C1=CCCCO1)c1cnc2ccsc2c1. The highest BCUT2D eigenvalue weighted by Crippen LogP contribution is 2.28. The van der Waals surface area contributed by atoms with Gasteiger partial charge in [0.05, 0.1) is 22.9 Å². The highest BCUT2D eigenvalue weighted by atomic mass is 32.1. The van der Waals surface area contributed by atoms with Gasteiger partial charge in [-0.1, -0.05) is 0 Å². The minimum atomic E-state index is 0.115. The molecule has 0 bridgehead atoms. The molecule has 18 heavy (non-hydrogen) atoms. The number of thiophene rings is 1. The summed E-state index contributed by atoms with van der Waals surface area (Å²) in [5.41, 5.74) is 2.23. The van der Waals surface area contributed by atoms with Crippen LogP contribution in [-0.2, 0) is 4.74 Å². The highest BCUT2D eigenvalue weighted by molar-refractivity contribution is 7.17. The van der Waals surface area contributed by atoms with Gasteiger partial charge in [0.15, 0.2) is 0 Å². The topological polar surface area (TPSA) is 34.1 Å². The number of likely N-dealkylation sites (N-methyl/N-ethyl adjacent to an activating group) is 1. The Morgan fingerprint density at radius 1 is 1.50 bits per heavy atom. The fourth-order valence-electron chi connectivity index (χ4n) is 2.27. The third-order valence-electron chi connectivity index (χ3n) is 3.19. The van der Waals surface area contributed by atoms with E-state index in [4.69, 9.17) is 4.74 Å². The standard InChI is InChI=1S/C14H16N2OS/c1-15-14(12-4-2-3-6-17-12)10-8-13-11(16-9-10)5-7-18-13/h4-5,7-9,14-15H,2-3,6H2,1H3. The Kier molecular flexibility index (Phi) is 3.30. The third kappa shape index (κ3) is 2.13. The van der Waals surface area contributed by atoms with Crippen molar-refractivity contribution in [3.05, 3.63) is 41.1 Å². The minimum Gasteiger partial charge on any atom is -0.496 e. The first kappa shape index (κ1) is 11.7. The van der Waals surface area contributed by atoms with Crippen LogP contribution in [0.4, 0.5) is 0 Å². The van der Waals surface area contributed by atoms with Crippen molar-refractivity contribution >= 4 is 21.6 Å². The Bertz CT molecular complexity index is 576. The quantitative estimate of drug-likeness (QED) is 0.920. The lowest BCUT2D eigenvalue weighted by Gasteiger charge is -2.23. The summed E-state index contributed by atoms with van der Waals surface area (Å²) in [5, 5.41) is 5.39. The predicted molar refractivity (Wildman–Crippen MR) is 74.7 cm³/mol. The van der Waals surface area contributed by atoms with E-state index in [2.05, 4.69) is 33.9 Å². The molecule has 1 aliphatic rings. The van der Waals surface area contributed by atoms with E-state index in [0.717, 1.165) is 30.7 Å². The number of nitrogens with one attached hydrogen (secondary N) is 1. The molecule has 1 unspecified atom stereocenters. The van der Waals surface area contributed by atoms with Crippen LogP contribution in [0.1, 0.15) is 24.4 Å². The van der Waals surface area contributed by atoms with Gasteiger partial charge in [-0.3, -0.25) is 4.98 Å². The number of hydrogen-bond acceptors (Lipinski definition) is 4. The van der Waals surface area contributed by atoms with Gasteiger partial charge < -0.3 is 10.1 Å². The lowest BCUT2D eigenvalue weighted by molar-refractivity contribution is 0.169. The second kappa shape index (κ2) is 5.08. The van der Waals surface area contributed by atoms with E-state index in [-0.39, 0.29) is 6.04 Å². The average Bonchev–Trinajstić information content (AvgIpc) is 2.88. The Labute approximate surface area is 110 Å². The van der Waals surface area contributed by atoms with E-state index < -0.39 is 0 Å². The monoisotopic (exact) mass is 260 g/mol. The van der Waals surface area contributed by atoms with Crippen molar-refractivity contribution in [2.75, 3.05) is 13.7 Å². The van der Waals surface area contributed by atoms with E-state index in [1.54, 1.807) is 11.3 Å². The number of fused-ring (bicyclic) bond motifs is 1. The second-order valence-corrected chi connectivity index (χ2v) is 5.34. The maximum absolute atomic E-state index is 5.75. The summed E-state index contributed by atoms with van der Waals surface area (Å²) in [6.45, 7) is 0.818. The number of aromatic nitrogens is 1. The lowest BCUT2D eigenvalue weighted by atomic mass is 10.0. The zero-order chi connectivity index (χ0) is 12.4. The van der Waals surface area contributed by atoms with Crippen molar-refractivity contribution in [1.82, 2.24) is 10.3 Å². The number of allylic oxidation sites excluding steroid dienone is 1. The molecule has 0 aromatic carbocycles. The molecule has 0 spiro atoms. The minimum absolute atomic E-state index is 0.115. The van der Waals surface area contributed by atoms with E-state index in [1.165, 1.54) is 10.3 Å². The normalized spacial score (nSPS) is 17.3. The summed E-state index contributed by atoms with van der Waals surface area (Å²) in [5.74, 6) is 1.03. The van der Waals surface area contributed by atoms with Crippen LogP contribution in [0.3, 0.4) is 0 Å². The molecule has 3 heterocycles. The number of ether oxygens (including phenoxy) is 1. The summed E-state index contributed by atoms with van der Waals surface area (Å²) in [7, 11) is 1.96. The van der Waals surface area contributed by atoms with Crippen molar-refractivity contribution in [3.8, 4) is 0 Å². The van der Waals surface area contributed by atoms with Gasteiger partial charge in [0.25, 0.3) is 0 Å². The Morgan fingerprint density at radius 3 is 3.22 bits per heavy atom. The summed E-state index contributed by atoms with van der Waals surface area (Å²) in [4.78, 5) is 4.49. The average molecular weight is 260 g/mol. The second-order valence-electron chi connectivity index (χ2n) is 4.39. The molecule has 2 aromatic heterocycles. The maximum atomic E-state index is 5.75. The van der Waals surface area contributed by atoms with Crippen LogP contribution in [0.25, 0.3) is 10.2 Å². The molecule has 0 saturated carbocycles. The van der Waals surface area contributed by atoms with Gasteiger partial charge >= 0.3 is 0 Å². The molecule has 0 amide bonds. The van der Waals surface area contributed by atoms with E-state index in [1.807, 2.05) is 13.2 Å². The van der Waals surface area contributed by atoms with Gasteiger partial charge in [0.2, 0.25) is 0 Å². The molecular weight excluding hydrogens is 244 g/mol. The van der Waals surface area contributed by atoms with Gasteiger partial charge in [-0.15, -0.1) is 11.3 Å². The molecule has 3 rings (SSSR count). The molecule has 3 nitrogen and oxygen atoms in total. The summed E-state index contributed by atoms with van der Waals surface area (Å²) in [6, 6.07) is 4.37. The van der Waals surface area contributed by atoms with Crippen molar-refractivity contribution in [2.45, 2.75) is 18.9 Å². The summed E-state index contributed by atoms with van der Waals surface area (Å²) >= 11 is 1.73. The van der Waals surface area contributed by atoms with E-state index >= 15 is 0 Å². The molecule has 1 N–H and O–H groups in total. The number of hydrogen-bond donors (Lipinski definition) is 1. The van der Waals surface area contributed by atoms with E-state index in [0.29, 0.717) is 0 Å². The zero-order valence-electron chi connectivity index (χ0n) is 10.3. The van der Waals surface area contributed by atoms with Gasteiger partial charge in [0.1, 0.15) is 5.76 Å². The first-order valence-electron chi connectivity index (χ1n) is 6.22. The first-order valence-corrected chi connectivity index (χ1v) is 7.10. The smallest absolute Gasteiger partial charge is 0.113 e. The van der Waals surface area contributed by atoms with Crippen molar-refractivity contribution in [3.63, 3.8) is 0 Å². The molecule has 0 fully saturated rings. The molecular formula is C14H16N2OS. The zero-order valence-corrected chi connectivity index (χ0v) is 11.2. The Morgan fingerprint density at radius 2 is 2.44 bits per heavy atom. The molecule has 1 atom stereocenters. The van der Waals surface area contributed by atoms with Crippen molar-refractivity contribution in [2.24, 2.45) is 0 Å². The molecule has 0 saturated heterocycles. The first-order chi connectivity index (χ1) is 8.88. The fourth-order valence-corrected chi connectivity index (χ4v) is 3.06. The van der Waals surface area contributed by atoms with Gasteiger partial charge in [0, 0.05) is 6.20 Å². The number of rotatable bonds is 3. The van der Waals surface area contributed by atoms with E-state index in [9.17, 15) is 0 Å². The molecule has 2 aromatic rings. The van der Waals surface area contributed by atoms with Gasteiger partial charge in [-0.2, -0.15) is 0 Å². The van der Waals surface area contributed by atoms with Crippen LogP contribution in [0.2, 0.25) is 0 Å². The number of pyridine rings is 1. The van der Waals surface area contributed by atoms with Crippen LogP contribution in [0, 0.1) is 0 Å². The molecule has 1 aliphatic heterocycles. The summed E-state index contributed by atoms with van der Waals surface area (Å²) in [6.07, 6.45) is 6.34. The highest BCUT2D eigenvalue weighted by Gasteiger charge is 2.19. The lowest BCUT2D eigenvalue weighted by Crippen LogP contribution is -2.22. The fraction of sp³-hybridized carbons (Fsp3) is 0.357. The van der Waals surface area contributed by atoms with Crippen molar-refractivity contribution < 1.29 is 4.74 Å². The van der Waals surface area contributed by atoms with Crippen LogP contribution in [0.15, 0.2) is 35.5 Å². The maximum Gasteiger partial charge on any atom is 0.113 e. The van der Waals surface area contributed by atoms with Gasteiger partial charge in [-0.25, -0.2) is 0 Å². The molecule has 4 heteroatoms. The van der Waals surface area contributed by atoms with Crippen LogP contribution in [-0.4, -0.2) is 18.6 Å². The molecule has 94 valence electrons. The van der Waals surface area contributed by atoms with Crippen LogP contribution >= 0.6 is 11.3 Å². The predicted octanol–water partition coefficient (Wildman–Crippen LogP) is 3.25. The largest absolute Gasteiger partial charge is 0.496 e. The van der Waals surface area contributed by atoms with Gasteiger partial charge in [-0.05, 0) is 49.0 Å². The Hall–Kier alpha value is -1.39. The molecule has 0 radical (unpaired) electrons. The summed E-state index contributed by atoms with van der Waals surface area (Å²) < 4.78 is 6.98. The van der Waals surface area contributed by atoms with Crippen LogP contribution in [0.5, 0.6) is 0 Å². The third-order valence-corrected chi connectivity index (χ3v) is 4.05. The van der Waals surface area contributed by atoms with Crippen molar-refractivity contribution in [1.29, 1.82) is 0 Å².